The van der Waals surface area contributed by atoms with Crippen LogP contribution in [-0.2, 0) is 13.2 Å². The Morgan fingerprint density at radius 1 is 1.05 bits per heavy atom. The van der Waals surface area contributed by atoms with Crippen LogP contribution in [0.1, 0.15) is 28.5 Å². The van der Waals surface area contributed by atoms with Crippen molar-refractivity contribution in [3.8, 4) is 34.3 Å². The third kappa shape index (κ3) is 5.75. The molecule has 5 rings (SSSR count). The van der Waals surface area contributed by atoms with Gasteiger partial charge in [-0.1, -0.05) is 6.07 Å². The van der Waals surface area contributed by atoms with Crippen LogP contribution in [0.25, 0.3) is 22.2 Å². The normalized spacial score (nSPS) is 10.9. The summed E-state index contributed by atoms with van der Waals surface area (Å²) in [7, 11) is 3.00. The predicted molar refractivity (Wildman–Crippen MR) is 160 cm³/mol. The van der Waals surface area contributed by atoms with E-state index in [0.29, 0.717) is 57.3 Å². The second-order valence-electron chi connectivity index (χ2n) is 9.55. The van der Waals surface area contributed by atoms with Crippen molar-refractivity contribution in [1.29, 1.82) is 0 Å². The second kappa shape index (κ2) is 12.3. The zero-order chi connectivity index (χ0) is 30.7. The van der Waals surface area contributed by atoms with Gasteiger partial charge in [0, 0.05) is 36.8 Å². The molecular weight excluding hydrogens is 555 g/mol. The number of amides is 1. The van der Waals surface area contributed by atoms with E-state index >= 15 is 0 Å². The highest BCUT2D eigenvalue weighted by Gasteiger charge is 2.22. The number of aliphatic hydroxyl groups is 1. The fourth-order valence-electron chi connectivity index (χ4n) is 4.82. The minimum absolute atomic E-state index is 0.114. The molecule has 1 amide bonds. The number of fused-ring (bicyclic) bond motifs is 1. The van der Waals surface area contributed by atoms with E-state index in [1.807, 2.05) is 6.92 Å². The quantitative estimate of drug-likeness (QED) is 0.233. The lowest BCUT2D eigenvalue weighted by Crippen LogP contribution is -2.27. The van der Waals surface area contributed by atoms with Crippen LogP contribution in [0.3, 0.4) is 0 Å². The molecule has 0 aliphatic rings. The van der Waals surface area contributed by atoms with Crippen molar-refractivity contribution >= 4 is 22.6 Å². The summed E-state index contributed by atoms with van der Waals surface area (Å²) in [6, 6.07) is 14.0. The number of benzene rings is 2. The summed E-state index contributed by atoms with van der Waals surface area (Å²) >= 11 is 0. The molecule has 0 atom stereocenters. The van der Waals surface area contributed by atoms with Gasteiger partial charge in [0.1, 0.15) is 22.6 Å². The summed E-state index contributed by atoms with van der Waals surface area (Å²) in [6.45, 7) is 3.47. The van der Waals surface area contributed by atoms with Crippen molar-refractivity contribution in [2.24, 2.45) is 0 Å². The maximum atomic E-state index is 13.8. The molecule has 0 aliphatic heterocycles. The van der Waals surface area contributed by atoms with E-state index in [4.69, 9.17) is 14.2 Å². The molecule has 43 heavy (non-hydrogen) atoms. The van der Waals surface area contributed by atoms with Gasteiger partial charge < -0.3 is 29.2 Å². The standard InChI is InChI=1S/C32H29FN4O6/c1-5-37-16-23(30(39)28(25(37)17-38)22-11-6-19(33)14-18(22)2)31(40)35-20-7-9-21(10-8-20)43-26-12-13-34-24-15-27(41-3)32(42-4)36-29(24)26/h6-16,38H,5,17H2,1-4H3,(H,35,40). The van der Waals surface area contributed by atoms with E-state index in [9.17, 15) is 19.1 Å². The van der Waals surface area contributed by atoms with Crippen molar-refractivity contribution in [3.63, 3.8) is 0 Å². The average Bonchev–Trinajstić information content (AvgIpc) is 3.01. The fourth-order valence-corrected chi connectivity index (χ4v) is 4.82. The highest BCUT2D eigenvalue weighted by molar-refractivity contribution is 6.04. The Labute approximate surface area is 246 Å². The molecule has 3 aromatic heterocycles. The molecule has 0 saturated carbocycles. The molecule has 0 aliphatic carbocycles. The van der Waals surface area contributed by atoms with E-state index in [1.165, 1.54) is 38.6 Å². The molecular formula is C32H29FN4O6. The minimum Gasteiger partial charge on any atom is -0.491 e. The first-order chi connectivity index (χ1) is 20.8. The van der Waals surface area contributed by atoms with E-state index in [0.717, 1.165) is 0 Å². The molecule has 220 valence electrons. The number of methoxy groups -OCH3 is 2. The van der Waals surface area contributed by atoms with E-state index in [-0.39, 0.29) is 17.0 Å². The van der Waals surface area contributed by atoms with Gasteiger partial charge >= 0.3 is 0 Å². The Balaban J connectivity index is 1.43. The number of rotatable bonds is 9. The lowest BCUT2D eigenvalue weighted by atomic mass is 9.96. The fraction of sp³-hybridized carbons (Fsp3) is 0.188. The average molecular weight is 585 g/mol. The Hall–Kier alpha value is -5.29. The first kappa shape index (κ1) is 29.2. The molecule has 3 heterocycles. The molecule has 11 heteroatoms. The van der Waals surface area contributed by atoms with Gasteiger partial charge in [0.25, 0.3) is 11.8 Å². The molecule has 0 fully saturated rings. The summed E-state index contributed by atoms with van der Waals surface area (Å²) in [5, 5.41) is 12.9. The van der Waals surface area contributed by atoms with Crippen LogP contribution in [-0.4, -0.2) is 39.8 Å². The molecule has 2 N–H and O–H groups in total. The minimum atomic E-state index is -0.628. The van der Waals surface area contributed by atoms with E-state index in [1.54, 1.807) is 54.1 Å². The number of aliphatic hydroxyl groups excluding tert-OH is 1. The predicted octanol–water partition coefficient (Wildman–Crippen LogP) is 5.48. The Bertz CT molecular complexity index is 1890. The highest BCUT2D eigenvalue weighted by atomic mass is 19.1. The molecule has 2 aromatic carbocycles. The number of aromatic nitrogens is 3. The van der Waals surface area contributed by atoms with Crippen molar-refractivity contribution in [2.45, 2.75) is 27.0 Å². The van der Waals surface area contributed by atoms with Crippen LogP contribution in [0, 0.1) is 12.7 Å². The summed E-state index contributed by atoms with van der Waals surface area (Å²) in [5.41, 5.74) is 2.24. The lowest BCUT2D eigenvalue weighted by Gasteiger charge is -2.18. The Kier molecular flexibility index (Phi) is 8.35. The summed E-state index contributed by atoms with van der Waals surface area (Å²) < 4.78 is 32.1. The zero-order valence-corrected chi connectivity index (χ0v) is 24.0. The molecule has 0 radical (unpaired) electrons. The number of halogens is 1. The highest BCUT2D eigenvalue weighted by Crippen LogP contribution is 2.34. The van der Waals surface area contributed by atoms with Gasteiger partial charge in [0.05, 0.1) is 37.6 Å². The zero-order valence-electron chi connectivity index (χ0n) is 24.0. The number of hydrogen-bond acceptors (Lipinski definition) is 8. The number of nitrogens with one attached hydrogen (secondary N) is 1. The molecule has 0 saturated heterocycles. The number of hydrogen-bond donors (Lipinski definition) is 2. The molecule has 0 bridgehead atoms. The van der Waals surface area contributed by atoms with Gasteiger partial charge in [-0.05, 0) is 61.4 Å². The van der Waals surface area contributed by atoms with Crippen molar-refractivity contribution in [1.82, 2.24) is 14.5 Å². The van der Waals surface area contributed by atoms with Crippen LogP contribution in [0.2, 0.25) is 0 Å². The lowest BCUT2D eigenvalue weighted by molar-refractivity contribution is 0.102. The second-order valence-corrected chi connectivity index (χ2v) is 9.55. The van der Waals surface area contributed by atoms with Crippen LogP contribution >= 0.6 is 0 Å². The number of nitrogens with zero attached hydrogens (tertiary/aromatic N) is 3. The number of aryl methyl sites for hydroxylation is 2. The third-order valence-corrected chi connectivity index (χ3v) is 6.95. The molecule has 10 nitrogen and oxygen atoms in total. The molecule has 5 aromatic rings. The molecule has 0 spiro atoms. The first-order valence-corrected chi connectivity index (χ1v) is 13.4. The van der Waals surface area contributed by atoms with Gasteiger partial charge in [-0.25, -0.2) is 9.37 Å². The Morgan fingerprint density at radius 3 is 2.47 bits per heavy atom. The van der Waals surface area contributed by atoms with Gasteiger partial charge in [0.15, 0.2) is 11.5 Å². The van der Waals surface area contributed by atoms with Gasteiger partial charge in [-0.15, -0.1) is 0 Å². The number of anilines is 1. The summed E-state index contributed by atoms with van der Waals surface area (Å²) in [4.78, 5) is 35.7. The van der Waals surface area contributed by atoms with Crippen molar-refractivity contribution < 1.29 is 28.5 Å². The maximum absolute atomic E-state index is 13.8. The third-order valence-electron chi connectivity index (χ3n) is 6.95. The SMILES string of the molecule is CCn1cc(C(=O)Nc2ccc(Oc3ccnc4cc(OC)c(OC)nc34)cc2)c(=O)c(-c2ccc(F)cc2C)c1CO. The van der Waals surface area contributed by atoms with E-state index < -0.39 is 23.8 Å². The number of pyridine rings is 3. The summed E-state index contributed by atoms with van der Waals surface area (Å²) in [5.74, 6) is 0.565. The monoisotopic (exact) mass is 584 g/mol. The molecule has 0 unspecified atom stereocenters. The maximum Gasteiger partial charge on any atom is 0.261 e. The topological polar surface area (TPSA) is 125 Å². The summed E-state index contributed by atoms with van der Waals surface area (Å²) in [6.07, 6.45) is 3.01. The van der Waals surface area contributed by atoms with Crippen molar-refractivity contribution in [2.75, 3.05) is 19.5 Å². The van der Waals surface area contributed by atoms with E-state index in [2.05, 4.69) is 15.3 Å². The van der Waals surface area contributed by atoms with Gasteiger partial charge in [-0.3, -0.25) is 14.6 Å². The number of carbonyl (C=O) groups excluding carboxylic acids is 1. The van der Waals surface area contributed by atoms with Crippen LogP contribution in [0.4, 0.5) is 10.1 Å². The first-order valence-electron chi connectivity index (χ1n) is 13.4. The van der Waals surface area contributed by atoms with Gasteiger partial charge in [-0.2, -0.15) is 0 Å². The van der Waals surface area contributed by atoms with Crippen LogP contribution < -0.4 is 25.0 Å². The largest absolute Gasteiger partial charge is 0.491 e. The number of carbonyl (C=O) groups is 1. The van der Waals surface area contributed by atoms with Crippen LogP contribution in [0.15, 0.2) is 71.8 Å². The number of ether oxygens (including phenoxy) is 3. The Morgan fingerprint density at radius 2 is 1.81 bits per heavy atom. The smallest absolute Gasteiger partial charge is 0.261 e. The van der Waals surface area contributed by atoms with Crippen LogP contribution in [0.5, 0.6) is 23.1 Å². The van der Waals surface area contributed by atoms with Gasteiger partial charge in [0.2, 0.25) is 5.43 Å². The van der Waals surface area contributed by atoms with Crippen molar-refractivity contribution in [3.05, 3.63) is 99.9 Å².